The van der Waals surface area contributed by atoms with Crippen LogP contribution in [0.25, 0.3) is 16.9 Å². The van der Waals surface area contributed by atoms with E-state index in [0.717, 1.165) is 47.7 Å². The van der Waals surface area contributed by atoms with Gasteiger partial charge >= 0.3 is 6.09 Å². The summed E-state index contributed by atoms with van der Waals surface area (Å²) in [5.74, 6) is 0.634. The minimum Gasteiger partial charge on any atom is -0.472 e. The standard InChI is InChI=1S/C25H27N5O3/c1-25(2,3)33-24(31)30-19-11-20(30)14-28(13-19)17-6-8-18(9-7-17)29-12-16-15-32-23-21(22(16)27-29)5-4-10-26-23/h4-10,12,19-20H,11,13-15H2,1-3H3. The second-order valence-corrected chi connectivity index (χ2v) is 9.94. The molecular formula is C25H27N5O3. The number of nitrogens with zero attached hydrogens (tertiary/aromatic N) is 5. The van der Waals surface area contributed by atoms with E-state index in [1.165, 1.54) is 0 Å². The van der Waals surface area contributed by atoms with Gasteiger partial charge in [-0.25, -0.2) is 14.5 Å². The third-order valence-electron chi connectivity index (χ3n) is 6.46. The van der Waals surface area contributed by atoms with E-state index in [4.69, 9.17) is 14.6 Å². The molecule has 6 heterocycles. The van der Waals surface area contributed by atoms with E-state index in [1.807, 2.05) is 48.7 Å². The molecule has 170 valence electrons. The fraction of sp³-hybridized carbons (Fsp3) is 0.400. The number of piperazine rings is 1. The molecule has 4 aliphatic heterocycles. The SMILES string of the molecule is CC(C)(C)OC(=O)N1C2CC1CN(c1ccc(-n3cc4c(n3)-c3cccnc3OC4)cc1)C2. The number of hydrogen-bond donors (Lipinski definition) is 0. The number of fused-ring (bicyclic) bond motifs is 5. The van der Waals surface area contributed by atoms with Crippen LogP contribution in [0.4, 0.5) is 10.5 Å². The van der Waals surface area contributed by atoms with Crippen LogP contribution in [0.15, 0.2) is 48.8 Å². The number of rotatable bonds is 2. The smallest absolute Gasteiger partial charge is 0.410 e. The molecule has 3 fully saturated rings. The average molecular weight is 446 g/mol. The van der Waals surface area contributed by atoms with Crippen LogP contribution in [0, 0.1) is 0 Å². The van der Waals surface area contributed by atoms with E-state index in [0.29, 0.717) is 12.5 Å². The van der Waals surface area contributed by atoms with Gasteiger partial charge in [-0.15, -0.1) is 0 Å². The molecule has 8 heteroatoms. The van der Waals surface area contributed by atoms with Crippen LogP contribution in [-0.4, -0.2) is 56.5 Å². The summed E-state index contributed by atoms with van der Waals surface area (Å²) in [6.07, 6.45) is 4.61. The van der Waals surface area contributed by atoms with Crippen LogP contribution in [0.3, 0.4) is 0 Å². The highest BCUT2D eigenvalue weighted by Gasteiger charge is 2.48. The Labute approximate surface area is 192 Å². The van der Waals surface area contributed by atoms with Crippen molar-refractivity contribution in [2.24, 2.45) is 0 Å². The van der Waals surface area contributed by atoms with E-state index in [1.54, 1.807) is 6.20 Å². The van der Waals surface area contributed by atoms with Crippen molar-refractivity contribution in [3.63, 3.8) is 0 Å². The van der Waals surface area contributed by atoms with E-state index < -0.39 is 5.60 Å². The van der Waals surface area contributed by atoms with E-state index in [2.05, 4.69) is 34.1 Å². The third-order valence-corrected chi connectivity index (χ3v) is 6.46. The molecule has 8 nitrogen and oxygen atoms in total. The second-order valence-electron chi connectivity index (χ2n) is 9.94. The third kappa shape index (κ3) is 3.50. The molecular weight excluding hydrogens is 418 g/mol. The van der Waals surface area contributed by atoms with Gasteiger partial charge in [-0.05, 0) is 63.6 Å². The fourth-order valence-corrected chi connectivity index (χ4v) is 4.96. The Morgan fingerprint density at radius 1 is 1.09 bits per heavy atom. The Bertz CT molecular complexity index is 1200. The molecule has 3 aromatic rings. The molecule has 4 aliphatic rings. The number of pyridine rings is 1. The first kappa shape index (κ1) is 20.1. The first-order chi connectivity index (χ1) is 15.9. The zero-order chi connectivity index (χ0) is 22.7. The number of carbonyl (C=O) groups is 1. The van der Waals surface area contributed by atoms with Gasteiger partial charge in [0.15, 0.2) is 0 Å². The molecule has 0 aliphatic carbocycles. The molecule has 1 aromatic carbocycles. The van der Waals surface area contributed by atoms with E-state index in [9.17, 15) is 4.79 Å². The van der Waals surface area contributed by atoms with Crippen molar-refractivity contribution in [1.82, 2.24) is 19.7 Å². The Morgan fingerprint density at radius 3 is 2.55 bits per heavy atom. The minimum atomic E-state index is -0.465. The summed E-state index contributed by atoms with van der Waals surface area (Å²) in [4.78, 5) is 21.1. The first-order valence-corrected chi connectivity index (χ1v) is 11.4. The molecule has 0 spiro atoms. The summed E-state index contributed by atoms with van der Waals surface area (Å²) in [7, 11) is 0. The van der Waals surface area contributed by atoms with Gasteiger partial charge in [0.2, 0.25) is 5.88 Å². The maximum atomic E-state index is 12.5. The first-order valence-electron chi connectivity index (χ1n) is 11.4. The number of amides is 1. The summed E-state index contributed by atoms with van der Waals surface area (Å²) >= 11 is 0. The summed E-state index contributed by atoms with van der Waals surface area (Å²) < 4.78 is 13.2. The van der Waals surface area contributed by atoms with E-state index >= 15 is 0 Å². The number of benzene rings is 1. The average Bonchev–Trinajstić information content (AvgIpc) is 3.23. The lowest BCUT2D eigenvalue weighted by Crippen LogP contribution is -2.70. The van der Waals surface area contributed by atoms with Crippen LogP contribution in [-0.2, 0) is 11.3 Å². The van der Waals surface area contributed by atoms with Gasteiger partial charge in [-0.1, -0.05) is 0 Å². The lowest BCUT2D eigenvalue weighted by Gasteiger charge is -2.56. The van der Waals surface area contributed by atoms with Gasteiger partial charge in [-0.2, -0.15) is 5.10 Å². The Hall–Kier alpha value is -3.55. The Balaban J connectivity index is 1.17. The molecule has 0 radical (unpaired) electrons. The number of ether oxygens (including phenoxy) is 2. The van der Waals surface area contributed by atoms with Crippen LogP contribution in [0.2, 0.25) is 0 Å². The topological polar surface area (TPSA) is 72.7 Å². The molecule has 2 atom stereocenters. The number of aromatic nitrogens is 3. The van der Waals surface area contributed by atoms with Gasteiger partial charge in [-0.3, -0.25) is 4.90 Å². The minimum absolute atomic E-state index is 0.192. The highest BCUT2D eigenvalue weighted by molar-refractivity contribution is 5.72. The fourth-order valence-electron chi connectivity index (χ4n) is 4.96. The number of hydrogen-bond acceptors (Lipinski definition) is 6. The molecule has 2 bridgehead atoms. The highest BCUT2D eigenvalue weighted by atomic mass is 16.6. The summed E-state index contributed by atoms with van der Waals surface area (Å²) in [6.45, 7) is 7.85. The van der Waals surface area contributed by atoms with Crippen LogP contribution >= 0.6 is 0 Å². The van der Waals surface area contributed by atoms with Crippen molar-refractivity contribution in [3.05, 3.63) is 54.4 Å². The molecule has 1 amide bonds. The van der Waals surface area contributed by atoms with Gasteiger partial charge in [0.1, 0.15) is 17.9 Å². The normalized spacial score (nSPS) is 20.9. The maximum absolute atomic E-state index is 12.5. The predicted octanol–water partition coefficient (Wildman–Crippen LogP) is 4.02. The monoisotopic (exact) mass is 445 g/mol. The lowest BCUT2D eigenvalue weighted by atomic mass is 9.87. The van der Waals surface area contributed by atoms with Gasteiger partial charge in [0.25, 0.3) is 0 Å². The van der Waals surface area contributed by atoms with Crippen LogP contribution in [0.1, 0.15) is 32.8 Å². The number of anilines is 1. The largest absolute Gasteiger partial charge is 0.472 e. The van der Waals surface area contributed by atoms with Crippen LogP contribution < -0.4 is 9.64 Å². The number of piperidine rings is 1. The van der Waals surface area contributed by atoms with Gasteiger partial charge in [0.05, 0.1) is 23.3 Å². The summed E-state index contributed by atoms with van der Waals surface area (Å²) in [5, 5.41) is 4.81. The van der Waals surface area contributed by atoms with Crippen molar-refractivity contribution in [2.45, 2.75) is 51.5 Å². The van der Waals surface area contributed by atoms with Gasteiger partial charge < -0.3 is 14.4 Å². The lowest BCUT2D eigenvalue weighted by molar-refractivity contribution is -0.0379. The summed E-state index contributed by atoms with van der Waals surface area (Å²) in [6, 6.07) is 12.8. The van der Waals surface area contributed by atoms with Crippen molar-refractivity contribution >= 4 is 11.8 Å². The molecule has 0 N–H and O–H groups in total. The Morgan fingerprint density at radius 2 is 1.82 bits per heavy atom. The predicted molar refractivity (Wildman–Crippen MR) is 124 cm³/mol. The van der Waals surface area contributed by atoms with Gasteiger partial charge in [0, 0.05) is 36.7 Å². The quantitative estimate of drug-likeness (QED) is 0.593. The molecule has 33 heavy (non-hydrogen) atoms. The van der Waals surface area contributed by atoms with Crippen molar-refractivity contribution in [2.75, 3.05) is 18.0 Å². The zero-order valence-electron chi connectivity index (χ0n) is 19.1. The molecule has 2 unspecified atom stereocenters. The maximum Gasteiger partial charge on any atom is 0.410 e. The molecule has 2 aromatic heterocycles. The van der Waals surface area contributed by atoms with Crippen molar-refractivity contribution in [1.29, 1.82) is 0 Å². The van der Waals surface area contributed by atoms with Crippen molar-refractivity contribution in [3.8, 4) is 22.8 Å². The van der Waals surface area contributed by atoms with E-state index in [-0.39, 0.29) is 18.2 Å². The molecule has 0 saturated carbocycles. The van der Waals surface area contributed by atoms with Crippen LogP contribution in [0.5, 0.6) is 5.88 Å². The van der Waals surface area contributed by atoms with Crippen molar-refractivity contribution < 1.29 is 14.3 Å². The molecule has 3 saturated heterocycles. The Kier molecular flexibility index (Phi) is 4.40. The molecule has 7 rings (SSSR count). The second kappa shape index (κ2) is 7.23. The zero-order valence-corrected chi connectivity index (χ0v) is 19.1. The summed E-state index contributed by atoms with van der Waals surface area (Å²) in [5.41, 5.74) is 4.59. The highest BCUT2D eigenvalue weighted by Crippen LogP contribution is 2.37. The number of carbonyl (C=O) groups excluding carboxylic acids is 1.